The third-order valence-corrected chi connectivity index (χ3v) is 22.1. The lowest BCUT2D eigenvalue weighted by molar-refractivity contribution is 0.398. The van der Waals surface area contributed by atoms with Crippen LogP contribution in [-0.4, -0.2) is 14.5 Å². The summed E-state index contributed by atoms with van der Waals surface area (Å²) >= 11 is 0. The van der Waals surface area contributed by atoms with Gasteiger partial charge in [-0.1, -0.05) is 290 Å². The van der Waals surface area contributed by atoms with E-state index >= 15 is 0 Å². The number of pyridine rings is 2. The lowest BCUT2D eigenvalue weighted by Gasteiger charge is -2.33. The molecule has 0 amide bonds. The molecule has 0 bridgehead atoms. The van der Waals surface area contributed by atoms with Gasteiger partial charge in [-0.15, -0.1) is 0 Å². The summed E-state index contributed by atoms with van der Waals surface area (Å²) in [5.41, 5.74) is 27.6. The molecule has 2 aliphatic carbocycles. The fourth-order valence-electron chi connectivity index (χ4n) is 17.1. The molecule has 8 aromatic carbocycles. The molecule has 3 heteroatoms. The van der Waals surface area contributed by atoms with Gasteiger partial charge in [0, 0.05) is 56.0 Å². The Balaban J connectivity index is 0.969. The van der Waals surface area contributed by atoms with Crippen LogP contribution in [0.25, 0.3) is 105 Å². The summed E-state index contributed by atoms with van der Waals surface area (Å²) < 4.78 is 2.57. The van der Waals surface area contributed by atoms with Crippen molar-refractivity contribution in [3.8, 4) is 61.3 Å². The van der Waals surface area contributed by atoms with Crippen molar-refractivity contribution in [3.05, 3.63) is 210 Å². The number of hydrogen-bond acceptors (Lipinski definition) is 2. The molecule has 11 aromatic rings. The normalized spacial score (nSPS) is 13.6. The average Bonchev–Trinajstić information content (AvgIpc) is 1.62. The molecular weight excluding hydrogens is 1120 g/mol. The van der Waals surface area contributed by atoms with Gasteiger partial charge in [0.05, 0.1) is 22.1 Å². The second-order valence-corrected chi connectivity index (χ2v) is 28.6. The lowest BCUT2D eigenvalue weighted by Crippen LogP contribution is -2.25. The van der Waals surface area contributed by atoms with Crippen molar-refractivity contribution in [1.82, 2.24) is 14.5 Å². The summed E-state index contributed by atoms with van der Waals surface area (Å²) in [6.45, 7) is 13.8. The molecule has 0 N–H and O–H groups in total. The minimum Gasteiger partial charge on any atom is -0.309 e. The van der Waals surface area contributed by atoms with Crippen LogP contribution in [0.3, 0.4) is 0 Å². The zero-order valence-electron chi connectivity index (χ0n) is 57.4. The molecule has 2 aliphatic rings. The second kappa shape index (κ2) is 29.3. The minimum atomic E-state index is -0.135. The summed E-state index contributed by atoms with van der Waals surface area (Å²) in [6, 6.07) is 65.2. The molecule has 0 fully saturated rings. The standard InChI is InChI=1S/C90H103N3/c1-7-11-15-19-23-31-49-89(50-32-24-20-16-12-8-2)81-54-64(5)39-45-75(81)76-46-42-66(59-82(76)89)71-56-72(58-74(57-71)93-85-37-29-27-35-79(85)80-36-28-30-38-86(80)93)67-43-47-77-78-48-44-68(73-55-70-41-40-69-53-65(6)62-91-87(69)88(70)92-63-73)61-84(78)90(83(77)60-67,51-33-25-21-17-13-9-3)52-34-26-22-18-14-10-4/h27-30,35-48,53-63H,7-26,31-34,49-52H2,1-6H3. The summed E-state index contributed by atoms with van der Waals surface area (Å²) in [5.74, 6) is 0. The van der Waals surface area contributed by atoms with Gasteiger partial charge in [0.25, 0.3) is 0 Å². The molecule has 0 atom stereocenters. The van der Waals surface area contributed by atoms with Crippen LogP contribution in [0.15, 0.2) is 176 Å². The van der Waals surface area contributed by atoms with Gasteiger partial charge in [-0.05, 0) is 178 Å². The van der Waals surface area contributed by atoms with Crippen molar-refractivity contribution in [2.45, 2.75) is 232 Å². The predicted octanol–water partition coefficient (Wildman–Crippen LogP) is 27.0. The first kappa shape index (κ1) is 64.1. The van der Waals surface area contributed by atoms with Gasteiger partial charge in [-0.3, -0.25) is 9.97 Å². The van der Waals surface area contributed by atoms with Gasteiger partial charge >= 0.3 is 0 Å². The van der Waals surface area contributed by atoms with Crippen molar-refractivity contribution in [2.24, 2.45) is 0 Å². The Morgan fingerprint density at radius 3 is 1.13 bits per heavy atom. The zero-order valence-corrected chi connectivity index (χ0v) is 57.4. The maximum Gasteiger partial charge on any atom is 0.0964 e. The van der Waals surface area contributed by atoms with Crippen LogP contribution in [0.2, 0.25) is 0 Å². The first-order chi connectivity index (χ1) is 45.7. The van der Waals surface area contributed by atoms with E-state index in [4.69, 9.17) is 9.97 Å². The van der Waals surface area contributed by atoms with E-state index in [2.05, 4.69) is 216 Å². The van der Waals surface area contributed by atoms with Crippen LogP contribution in [0, 0.1) is 13.8 Å². The SMILES string of the molecule is CCCCCCCCC1(CCCCCCCC)c2cc(C)ccc2-c2ccc(-c3cc(-c4ccc5c(c4)C(CCCCCCCC)(CCCCCCCC)c4cc(-c6cnc7c(ccc8cc(C)cnc87)c6)ccc4-5)cc(-n4c5ccccc5c5ccccc54)c3)cc21. The number of fused-ring (bicyclic) bond motifs is 12. The fourth-order valence-corrected chi connectivity index (χ4v) is 17.1. The highest BCUT2D eigenvalue weighted by Gasteiger charge is 2.44. The Morgan fingerprint density at radius 1 is 0.301 bits per heavy atom. The number of unbranched alkanes of at least 4 members (excludes halogenated alkanes) is 20. The first-order valence-electron chi connectivity index (χ1n) is 37.1. The molecule has 0 unspecified atom stereocenters. The molecule has 0 spiro atoms. The zero-order chi connectivity index (χ0) is 63.7. The summed E-state index contributed by atoms with van der Waals surface area (Å²) in [7, 11) is 0. The highest BCUT2D eigenvalue weighted by atomic mass is 15.0. The van der Waals surface area contributed by atoms with Gasteiger partial charge in [-0.2, -0.15) is 0 Å². The van der Waals surface area contributed by atoms with Crippen LogP contribution in [-0.2, 0) is 10.8 Å². The van der Waals surface area contributed by atoms with Gasteiger partial charge in [0.1, 0.15) is 0 Å². The molecule has 3 nitrogen and oxygen atoms in total. The van der Waals surface area contributed by atoms with E-state index in [0.717, 1.165) is 34.6 Å². The van der Waals surface area contributed by atoms with E-state index in [9.17, 15) is 0 Å². The lowest BCUT2D eigenvalue weighted by atomic mass is 9.70. The largest absolute Gasteiger partial charge is 0.309 e. The van der Waals surface area contributed by atoms with E-state index in [-0.39, 0.29) is 10.8 Å². The molecule has 93 heavy (non-hydrogen) atoms. The molecule has 478 valence electrons. The maximum absolute atomic E-state index is 5.21. The molecular formula is C90H103N3. The van der Waals surface area contributed by atoms with Crippen molar-refractivity contribution in [3.63, 3.8) is 0 Å². The van der Waals surface area contributed by atoms with Crippen LogP contribution in [0.4, 0.5) is 0 Å². The summed E-state index contributed by atoms with van der Waals surface area (Å²) in [4.78, 5) is 10.1. The Morgan fingerprint density at radius 2 is 0.677 bits per heavy atom. The highest BCUT2D eigenvalue weighted by Crippen LogP contribution is 2.58. The van der Waals surface area contributed by atoms with E-state index in [1.54, 1.807) is 11.1 Å². The molecule has 0 aliphatic heterocycles. The van der Waals surface area contributed by atoms with Crippen LogP contribution < -0.4 is 0 Å². The summed E-state index contributed by atoms with van der Waals surface area (Å²) in [6.07, 6.45) is 40.0. The number of para-hydroxylation sites is 2. The van der Waals surface area contributed by atoms with Gasteiger partial charge in [-0.25, -0.2) is 0 Å². The highest BCUT2D eigenvalue weighted by molar-refractivity contribution is 6.09. The molecule has 3 aromatic heterocycles. The number of rotatable bonds is 32. The van der Waals surface area contributed by atoms with Gasteiger partial charge < -0.3 is 4.57 Å². The quantitative estimate of drug-likeness (QED) is 0.0311. The summed E-state index contributed by atoms with van der Waals surface area (Å²) in [5, 5.41) is 4.87. The van der Waals surface area contributed by atoms with E-state index in [0.29, 0.717) is 0 Å². The van der Waals surface area contributed by atoms with Crippen molar-refractivity contribution < 1.29 is 0 Å². The van der Waals surface area contributed by atoms with E-state index < -0.39 is 0 Å². The Bertz CT molecular complexity index is 4310. The second-order valence-electron chi connectivity index (χ2n) is 28.6. The Hall–Kier alpha value is -7.62. The van der Waals surface area contributed by atoms with Crippen LogP contribution in [0.1, 0.15) is 241 Å². The number of nitrogens with zero attached hydrogens (tertiary/aromatic N) is 3. The van der Waals surface area contributed by atoms with Gasteiger partial charge in [0.2, 0.25) is 0 Å². The molecule has 13 rings (SSSR count). The first-order valence-corrected chi connectivity index (χ1v) is 37.1. The number of hydrogen-bond donors (Lipinski definition) is 0. The smallest absolute Gasteiger partial charge is 0.0964 e. The van der Waals surface area contributed by atoms with Crippen molar-refractivity contribution in [1.29, 1.82) is 0 Å². The van der Waals surface area contributed by atoms with Crippen LogP contribution >= 0.6 is 0 Å². The molecule has 0 radical (unpaired) electrons. The number of aromatic nitrogens is 3. The third-order valence-electron chi connectivity index (χ3n) is 22.1. The third kappa shape index (κ3) is 13.1. The van der Waals surface area contributed by atoms with Crippen molar-refractivity contribution in [2.75, 3.05) is 0 Å². The minimum absolute atomic E-state index is 0.0177. The van der Waals surface area contributed by atoms with E-state index in [1.807, 2.05) is 6.20 Å². The maximum atomic E-state index is 5.21. The molecule has 3 heterocycles. The van der Waals surface area contributed by atoms with E-state index in [1.165, 1.54) is 272 Å². The molecule has 0 saturated carbocycles. The molecule has 0 saturated heterocycles. The predicted molar refractivity (Wildman–Crippen MR) is 402 cm³/mol. The monoisotopic (exact) mass is 1230 g/mol. The van der Waals surface area contributed by atoms with Gasteiger partial charge in [0.15, 0.2) is 0 Å². The number of aryl methyl sites for hydroxylation is 2. The average molecular weight is 1230 g/mol. The Labute approximate surface area is 557 Å². The Kier molecular flexibility index (Phi) is 20.2. The van der Waals surface area contributed by atoms with Crippen LogP contribution in [0.5, 0.6) is 0 Å². The fraction of sp³-hybridized carbons (Fsp3) is 0.400. The number of benzene rings is 8. The topological polar surface area (TPSA) is 30.7 Å². The van der Waals surface area contributed by atoms with Crippen molar-refractivity contribution >= 4 is 43.6 Å².